The number of hydrogen-bond donors (Lipinski definition) is 0. The van der Waals surface area contributed by atoms with Crippen molar-refractivity contribution in [3.63, 3.8) is 0 Å². The molecule has 3 aliphatic rings. The van der Waals surface area contributed by atoms with Crippen LogP contribution in [0.5, 0.6) is 0 Å². The first-order chi connectivity index (χ1) is 7.64. The molecule has 0 aromatic carbocycles. The van der Waals surface area contributed by atoms with Gasteiger partial charge >= 0.3 is 0 Å². The molecule has 2 bridgehead atoms. The average Bonchev–Trinajstić information content (AvgIpc) is 2.04. The van der Waals surface area contributed by atoms with Crippen LogP contribution in [0.25, 0.3) is 0 Å². The minimum Gasteiger partial charge on any atom is -0.416 e. The van der Waals surface area contributed by atoms with E-state index in [4.69, 9.17) is 4.43 Å². The van der Waals surface area contributed by atoms with Gasteiger partial charge in [0, 0.05) is 6.61 Å². The van der Waals surface area contributed by atoms with Crippen LogP contribution in [0.1, 0.15) is 59.8 Å². The second-order valence-corrected chi connectivity index (χ2v) is 13.1. The van der Waals surface area contributed by atoms with Gasteiger partial charge < -0.3 is 4.43 Å². The Kier molecular flexibility index (Phi) is 3.07. The second-order valence-electron chi connectivity index (χ2n) is 8.33. The van der Waals surface area contributed by atoms with Crippen LogP contribution in [-0.4, -0.2) is 14.9 Å². The highest BCUT2D eigenvalue weighted by atomic mass is 28.4. The van der Waals surface area contributed by atoms with E-state index in [-0.39, 0.29) is 0 Å². The van der Waals surface area contributed by atoms with Crippen LogP contribution in [0.15, 0.2) is 0 Å². The highest BCUT2D eigenvalue weighted by Crippen LogP contribution is 2.75. The molecule has 3 rings (SSSR count). The van der Waals surface area contributed by atoms with Gasteiger partial charge in [0.2, 0.25) is 0 Å². The number of hydrogen-bond acceptors (Lipinski definition) is 1. The lowest BCUT2D eigenvalue weighted by Gasteiger charge is -2.71. The summed E-state index contributed by atoms with van der Waals surface area (Å²) in [4.78, 5) is 0. The summed E-state index contributed by atoms with van der Waals surface area (Å²) in [6.45, 7) is 15.1. The lowest BCUT2D eigenvalue weighted by atomic mass is 9.34. The van der Waals surface area contributed by atoms with Crippen molar-refractivity contribution < 1.29 is 4.43 Å². The Balaban J connectivity index is 1.79. The van der Waals surface area contributed by atoms with Gasteiger partial charge in [-0.2, -0.15) is 0 Å². The molecule has 3 fully saturated rings. The summed E-state index contributed by atoms with van der Waals surface area (Å²) >= 11 is 0. The summed E-state index contributed by atoms with van der Waals surface area (Å²) in [5.74, 6) is 0. The topological polar surface area (TPSA) is 9.23 Å². The molecule has 3 aliphatic carbocycles. The van der Waals surface area contributed by atoms with Crippen molar-refractivity contribution in [3.05, 3.63) is 0 Å². The van der Waals surface area contributed by atoms with Crippen molar-refractivity contribution in [3.8, 4) is 0 Å². The summed E-state index contributed by atoms with van der Waals surface area (Å²) in [5.41, 5.74) is 1.39. The van der Waals surface area contributed by atoms with E-state index in [1.54, 1.807) is 0 Å². The summed E-state index contributed by atoms with van der Waals surface area (Å²) in [6, 6.07) is 0. The maximum Gasteiger partial charge on any atom is 0.192 e. The van der Waals surface area contributed by atoms with Crippen LogP contribution in [-0.2, 0) is 4.43 Å². The summed E-state index contributed by atoms with van der Waals surface area (Å²) in [5, 5.41) is 0.359. The molecule has 0 atom stereocenters. The van der Waals surface area contributed by atoms with Gasteiger partial charge in [0.25, 0.3) is 0 Å². The van der Waals surface area contributed by atoms with Crippen LogP contribution < -0.4 is 0 Å². The van der Waals surface area contributed by atoms with Crippen molar-refractivity contribution in [1.82, 2.24) is 0 Å². The molecule has 0 unspecified atom stereocenters. The van der Waals surface area contributed by atoms with Gasteiger partial charge in [-0.1, -0.05) is 34.1 Å². The van der Waals surface area contributed by atoms with Gasteiger partial charge in [-0.25, -0.2) is 0 Å². The van der Waals surface area contributed by atoms with E-state index < -0.39 is 8.32 Å². The predicted octanol–water partition coefficient (Wildman–Crippen LogP) is 4.98. The van der Waals surface area contributed by atoms with E-state index in [0.717, 1.165) is 12.0 Å². The minimum atomic E-state index is -1.52. The molecule has 0 saturated heterocycles. The summed E-state index contributed by atoms with van der Waals surface area (Å²) in [6.07, 6.45) is 7.20. The van der Waals surface area contributed by atoms with Gasteiger partial charge in [-0.3, -0.25) is 0 Å². The Hall–Kier alpha value is 0.177. The van der Waals surface area contributed by atoms with Crippen LogP contribution in [0, 0.1) is 10.8 Å². The van der Waals surface area contributed by atoms with Crippen molar-refractivity contribution in [2.24, 2.45) is 10.8 Å². The molecule has 1 nitrogen and oxygen atoms in total. The highest BCUT2D eigenvalue weighted by Gasteiger charge is 2.66. The van der Waals surface area contributed by atoms with Crippen molar-refractivity contribution in [1.29, 1.82) is 0 Å². The Morgan fingerprint density at radius 1 is 1.06 bits per heavy atom. The molecule has 0 N–H and O–H groups in total. The Morgan fingerprint density at radius 3 is 2.00 bits per heavy atom. The average molecular weight is 254 g/mol. The third-order valence-corrected chi connectivity index (χ3v) is 10.1. The molecule has 0 spiro atoms. The fourth-order valence-electron chi connectivity index (χ4n) is 3.73. The molecule has 2 heteroatoms. The van der Waals surface area contributed by atoms with E-state index in [1.807, 2.05) is 0 Å². The fraction of sp³-hybridized carbons (Fsp3) is 1.00. The molecule has 0 amide bonds. The van der Waals surface area contributed by atoms with E-state index in [1.165, 1.54) is 32.1 Å². The van der Waals surface area contributed by atoms with Gasteiger partial charge in [-0.05, 0) is 54.6 Å². The maximum atomic E-state index is 6.40. The molecule has 3 saturated carbocycles. The highest BCUT2D eigenvalue weighted by molar-refractivity contribution is 6.74. The lowest BCUT2D eigenvalue weighted by molar-refractivity contribution is -0.223. The van der Waals surface area contributed by atoms with Gasteiger partial charge in [0.05, 0.1) is 0 Å². The molecule has 17 heavy (non-hydrogen) atoms. The zero-order chi connectivity index (χ0) is 12.9. The Labute approximate surface area is 108 Å². The smallest absolute Gasteiger partial charge is 0.192 e. The van der Waals surface area contributed by atoms with Crippen LogP contribution in [0.2, 0.25) is 18.1 Å². The Bertz CT molecular complexity index is 281. The van der Waals surface area contributed by atoms with E-state index >= 15 is 0 Å². The monoisotopic (exact) mass is 254 g/mol. The minimum absolute atomic E-state index is 0.359. The second kappa shape index (κ2) is 3.83. The summed E-state index contributed by atoms with van der Waals surface area (Å²) in [7, 11) is -1.52. The van der Waals surface area contributed by atoms with E-state index in [2.05, 4.69) is 40.8 Å². The van der Waals surface area contributed by atoms with Gasteiger partial charge in [-0.15, -0.1) is 0 Å². The third-order valence-electron chi connectivity index (χ3n) is 5.58. The molecule has 0 radical (unpaired) electrons. The van der Waals surface area contributed by atoms with Crippen molar-refractivity contribution >= 4 is 8.32 Å². The van der Waals surface area contributed by atoms with Gasteiger partial charge in [0.1, 0.15) is 0 Å². The zero-order valence-corrected chi connectivity index (χ0v) is 13.7. The predicted molar refractivity (Wildman–Crippen MR) is 76.8 cm³/mol. The van der Waals surface area contributed by atoms with Crippen molar-refractivity contribution in [2.75, 3.05) is 6.61 Å². The molecular weight excluding hydrogens is 224 g/mol. The van der Waals surface area contributed by atoms with Crippen molar-refractivity contribution in [2.45, 2.75) is 77.9 Å². The molecule has 0 aromatic heterocycles. The molecule has 0 heterocycles. The maximum absolute atomic E-state index is 6.40. The van der Waals surface area contributed by atoms with Crippen LogP contribution >= 0.6 is 0 Å². The van der Waals surface area contributed by atoms with Crippen LogP contribution in [0.3, 0.4) is 0 Å². The van der Waals surface area contributed by atoms with Gasteiger partial charge in [0.15, 0.2) is 8.32 Å². The molecule has 100 valence electrons. The fourth-order valence-corrected chi connectivity index (χ4v) is 4.83. The first kappa shape index (κ1) is 13.6. The number of rotatable bonds is 5. The quantitative estimate of drug-likeness (QED) is 0.629. The van der Waals surface area contributed by atoms with E-state index in [9.17, 15) is 0 Å². The summed E-state index contributed by atoms with van der Waals surface area (Å²) < 4.78 is 6.40. The van der Waals surface area contributed by atoms with E-state index in [0.29, 0.717) is 10.5 Å². The first-order valence-electron chi connectivity index (χ1n) is 7.28. The molecule has 0 aromatic rings. The SMILES string of the molecule is CCCC12CC(CO[Si](C)(C)C(C)(C)C)(C1)C2. The zero-order valence-electron chi connectivity index (χ0n) is 12.7. The standard InChI is InChI=1S/C15H30OSi/c1-7-8-14-9-15(10-14,11-14)12-16-17(5,6)13(2,3)4/h7-12H2,1-6H3. The lowest BCUT2D eigenvalue weighted by Crippen LogP contribution is -2.64. The molecule has 0 aliphatic heterocycles. The normalized spacial score (nSPS) is 36.4. The largest absolute Gasteiger partial charge is 0.416 e. The first-order valence-corrected chi connectivity index (χ1v) is 10.2. The Morgan fingerprint density at radius 2 is 1.59 bits per heavy atom. The van der Waals surface area contributed by atoms with Crippen LogP contribution in [0.4, 0.5) is 0 Å². The molecular formula is C15H30OSi. The third kappa shape index (κ3) is 2.23.